The van der Waals surface area contributed by atoms with Crippen LogP contribution in [0.25, 0.3) is 11.3 Å². The Hall–Kier alpha value is -4.52. The molecule has 146 valence electrons. The van der Waals surface area contributed by atoms with E-state index in [2.05, 4.69) is 25.9 Å². The van der Waals surface area contributed by atoms with Crippen LogP contribution in [0.4, 0.5) is 21.9 Å². The van der Waals surface area contributed by atoms with Gasteiger partial charge in [0.15, 0.2) is 18.3 Å². The molecule has 10 heteroatoms. The molecule has 0 fully saturated rings. The maximum absolute atomic E-state index is 12.3. The number of rotatable bonds is 5. The van der Waals surface area contributed by atoms with Crippen molar-refractivity contribution in [2.75, 3.05) is 17.7 Å². The van der Waals surface area contributed by atoms with Gasteiger partial charge in [0, 0.05) is 17.4 Å². The van der Waals surface area contributed by atoms with E-state index >= 15 is 0 Å². The van der Waals surface area contributed by atoms with Gasteiger partial charge < -0.3 is 25.5 Å². The van der Waals surface area contributed by atoms with E-state index in [9.17, 15) is 4.79 Å². The zero-order valence-corrected chi connectivity index (χ0v) is 15.3. The number of urea groups is 1. The first-order valence-corrected chi connectivity index (χ1v) is 8.33. The van der Waals surface area contributed by atoms with Crippen molar-refractivity contribution in [2.45, 2.75) is 0 Å². The lowest BCUT2D eigenvalue weighted by molar-refractivity contribution is 0.262. The zero-order valence-electron chi connectivity index (χ0n) is 15.3. The molecular weight excluding hydrogens is 374 g/mol. The lowest BCUT2D eigenvalue weighted by Crippen LogP contribution is -2.26. The minimum atomic E-state index is -0.455. The van der Waals surface area contributed by atoms with E-state index in [0.29, 0.717) is 34.1 Å². The molecule has 5 N–H and O–H groups in total. The number of nitriles is 1. The van der Waals surface area contributed by atoms with Crippen molar-refractivity contribution in [1.82, 2.24) is 10.3 Å². The molecule has 0 aliphatic rings. The molecule has 1 heterocycles. The summed E-state index contributed by atoms with van der Waals surface area (Å²) in [6, 6.07) is 11.4. The monoisotopic (exact) mass is 391 g/mol. The third kappa shape index (κ3) is 5.01. The van der Waals surface area contributed by atoms with Gasteiger partial charge in [0.1, 0.15) is 5.75 Å². The minimum Gasteiger partial charge on any atom is -0.496 e. The summed E-state index contributed by atoms with van der Waals surface area (Å²) in [5.41, 5.74) is 7.75. The third-order valence-electron chi connectivity index (χ3n) is 3.69. The number of aliphatic imine (C=N–C) groups is 1. The predicted octanol–water partition coefficient (Wildman–Crippen LogP) is 3.01. The van der Waals surface area contributed by atoms with Crippen LogP contribution in [0.3, 0.4) is 0 Å². The average molecular weight is 391 g/mol. The average Bonchev–Trinajstić information content (AvgIpc) is 3.22. The number of nitrogens with one attached hydrogen (secondary N) is 3. The van der Waals surface area contributed by atoms with Gasteiger partial charge in [-0.1, -0.05) is 6.07 Å². The Morgan fingerprint density at radius 3 is 2.72 bits per heavy atom. The summed E-state index contributed by atoms with van der Waals surface area (Å²) in [5.74, 6) is 1.03. The summed E-state index contributed by atoms with van der Waals surface area (Å²) >= 11 is 0. The first-order valence-electron chi connectivity index (χ1n) is 8.33. The summed E-state index contributed by atoms with van der Waals surface area (Å²) in [4.78, 5) is 20.2. The Bertz CT molecular complexity index is 1070. The fourth-order valence-corrected chi connectivity index (χ4v) is 2.49. The Balaban J connectivity index is 1.70. The van der Waals surface area contributed by atoms with Crippen LogP contribution in [-0.2, 0) is 0 Å². The second-order valence-electron chi connectivity index (χ2n) is 5.64. The van der Waals surface area contributed by atoms with Crippen molar-refractivity contribution >= 4 is 29.1 Å². The number of amides is 2. The summed E-state index contributed by atoms with van der Waals surface area (Å²) in [6.45, 7) is 0. The van der Waals surface area contributed by atoms with E-state index in [1.807, 2.05) is 0 Å². The van der Waals surface area contributed by atoms with Gasteiger partial charge in [-0.25, -0.2) is 14.8 Å². The van der Waals surface area contributed by atoms with Gasteiger partial charge in [0.05, 0.1) is 24.6 Å². The number of hydrogen-bond donors (Lipinski definition) is 4. The second kappa shape index (κ2) is 8.92. The Labute approximate surface area is 166 Å². The summed E-state index contributed by atoms with van der Waals surface area (Å²) in [5, 5.41) is 16.2. The van der Waals surface area contributed by atoms with Crippen LogP contribution in [0, 0.1) is 11.5 Å². The van der Waals surface area contributed by atoms with Gasteiger partial charge in [0.25, 0.3) is 0 Å². The normalized spacial score (nSPS) is 10.7. The fraction of sp³-hybridized carbons (Fsp3) is 0.0526. The van der Waals surface area contributed by atoms with Gasteiger partial charge in [-0.05, 0) is 30.3 Å². The van der Waals surface area contributed by atoms with E-state index in [4.69, 9.17) is 20.1 Å². The first-order chi connectivity index (χ1) is 14.1. The van der Waals surface area contributed by atoms with E-state index in [0.717, 1.165) is 0 Å². The van der Waals surface area contributed by atoms with E-state index in [-0.39, 0.29) is 5.96 Å². The van der Waals surface area contributed by atoms with Gasteiger partial charge >= 0.3 is 6.03 Å². The van der Waals surface area contributed by atoms with E-state index in [1.54, 1.807) is 54.9 Å². The molecular formula is C19H17N7O3. The van der Waals surface area contributed by atoms with Crippen LogP contribution in [0.2, 0.25) is 0 Å². The molecule has 0 atom stereocenters. The summed E-state index contributed by atoms with van der Waals surface area (Å²) in [7, 11) is 1.53. The molecule has 0 aliphatic heterocycles. The number of anilines is 2. The molecule has 1 aromatic heterocycles. The standard InChI is InChI=1S/C19H17N7O3/c1-28-16-8-14(5-6-15(16)17-9-22-11-29-17)26-19(27)25-13-4-2-3-12(7-13)24-18(21)23-10-20/h2-9,11H,1H3,(H3,21,23,24)(H2,25,26,27). The first kappa shape index (κ1) is 19.2. The highest BCUT2D eigenvalue weighted by Crippen LogP contribution is 2.32. The molecule has 0 aliphatic carbocycles. The number of guanidine groups is 1. The minimum absolute atomic E-state index is 0.0481. The highest BCUT2D eigenvalue weighted by Gasteiger charge is 2.11. The van der Waals surface area contributed by atoms with Crippen molar-refractivity contribution in [2.24, 2.45) is 10.7 Å². The SMILES string of the molecule is COc1cc(NC(=O)Nc2cccc(N=C(N)NC#N)c2)ccc1-c1cnco1. The molecule has 29 heavy (non-hydrogen) atoms. The molecule has 0 bridgehead atoms. The van der Waals surface area contributed by atoms with Crippen LogP contribution in [0.15, 0.2) is 64.5 Å². The van der Waals surface area contributed by atoms with Crippen molar-refractivity contribution in [3.05, 3.63) is 55.1 Å². The molecule has 0 saturated heterocycles. The number of hydrogen-bond acceptors (Lipinski definition) is 6. The van der Waals surface area contributed by atoms with Gasteiger partial charge in [-0.3, -0.25) is 5.32 Å². The topological polar surface area (TPSA) is 151 Å². The Morgan fingerprint density at radius 2 is 2.03 bits per heavy atom. The number of carbonyl (C=O) groups is 1. The van der Waals surface area contributed by atoms with Crippen LogP contribution in [0.1, 0.15) is 0 Å². The predicted molar refractivity (Wildman–Crippen MR) is 108 cm³/mol. The smallest absolute Gasteiger partial charge is 0.323 e. The van der Waals surface area contributed by atoms with Crippen molar-refractivity contribution in [3.63, 3.8) is 0 Å². The fourth-order valence-electron chi connectivity index (χ4n) is 2.49. The molecule has 0 radical (unpaired) electrons. The van der Waals surface area contributed by atoms with Crippen molar-refractivity contribution in [1.29, 1.82) is 5.26 Å². The largest absolute Gasteiger partial charge is 0.496 e. The molecule has 10 nitrogen and oxygen atoms in total. The van der Waals surface area contributed by atoms with Crippen LogP contribution < -0.4 is 26.4 Å². The number of ether oxygens (including phenoxy) is 1. The van der Waals surface area contributed by atoms with Gasteiger partial charge in [0.2, 0.25) is 5.96 Å². The molecule has 2 amide bonds. The second-order valence-corrected chi connectivity index (χ2v) is 5.64. The molecule has 0 unspecified atom stereocenters. The molecule has 0 spiro atoms. The van der Waals surface area contributed by atoms with Crippen LogP contribution in [0.5, 0.6) is 5.75 Å². The van der Waals surface area contributed by atoms with Gasteiger partial charge in [-0.2, -0.15) is 5.26 Å². The number of methoxy groups -OCH3 is 1. The number of aromatic nitrogens is 1. The number of benzene rings is 2. The zero-order chi connectivity index (χ0) is 20.6. The van der Waals surface area contributed by atoms with Crippen molar-refractivity contribution in [3.8, 4) is 23.3 Å². The van der Waals surface area contributed by atoms with E-state index in [1.165, 1.54) is 13.5 Å². The Kier molecular flexibility index (Phi) is 5.92. The molecule has 0 saturated carbocycles. The third-order valence-corrected chi connectivity index (χ3v) is 3.69. The van der Waals surface area contributed by atoms with Crippen LogP contribution in [-0.4, -0.2) is 24.1 Å². The maximum Gasteiger partial charge on any atom is 0.323 e. The molecule has 3 rings (SSSR count). The number of nitrogens with two attached hydrogens (primary N) is 1. The molecule has 2 aromatic carbocycles. The Morgan fingerprint density at radius 1 is 1.24 bits per heavy atom. The quantitative estimate of drug-likeness (QED) is 0.226. The summed E-state index contributed by atoms with van der Waals surface area (Å²) in [6.07, 6.45) is 4.58. The highest BCUT2D eigenvalue weighted by molar-refractivity contribution is 6.00. The number of carbonyl (C=O) groups excluding carboxylic acids is 1. The molecule has 3 aromatic rings. The van der Waals surface area contributed by atoms with E-state index < -0.39 is 6.03 Å². The van der Waals surface area contributed by atoms with Crippen LogP contribution >= 0.6 is 0 Å². The maximum atomic E-state index is 12.3. The number of oxazole rings is 1. The van der Waals surface area contributed by atoms with Gasteiger partial charge in [-0.15, -0.1) is 0 Å². The number of nitrogens with zero attached hydrogens (tertiary/aromatic N) is 3. The summed E-state index contributed by atoms with van der Waals surface area (Å²) < 4.78 is 10.7. The lowest BCUT2D eigenvalue weighted by Gasteiger charge is -2.11. The lowest BCUT2D eigenvalue weighted by atomic mass is 10.1. The van der Waals surface area contributed by atoms with Crippen molar-refractivity contribution < 1.29 is 13.9 Å². The highest BCUT2D eigenvalue weighted by atomic mass is 16.5.